The van der Waals surface area contributed by atoms with Crippen molar-refractivity contribution in [3.05, 3.63) is 28.2 Å². The van der Waals surface area contributed by atoms with Crippen LogP contribution in [-0.2, 0) is 4.74 Å². The van der Waals surface area contributed by atoms with Gasteiger partial charge in [0.1, 0.15) is 6.07 Å². The first-order chi connectivity index (χ1) is 10.2. The molecule has 0 saturated carbocycles. The van der Waals surface area contributed by atoms with Gasteiger partial charge < -0.3 is 9.64 Å². The van der Waals surface area contributed by atoms with Crippen LogP contribution in [-0.4, -0.2) is 50.3 Å². The number of rotatable bonds is 5. The number of nitriles is 1. The number of piperazine rings is 1. The van der Waals surface area contributed by atoms with Crippen molar-refractivity contribution in [3.8, 4) is 6.07 Å². The number of nitrogens with zero attached hydrogens (tertiary/aromatic N) is 3. The number of anilines is 1. The Morgan fingerprint density at radius 2 is 2.24 bits per heavy atom. The van der Waals surface area contributed by atoms with Crippen LogP contribution in [0, 0.1) is 11.3 Å². The maximum atomic E-state index is 9.31. The summed E-state index contributed by atoms with van der Waals surface area (Å²) >= 11 is 3.43. The molecule has 1 aromatic rings. The van der Waals surface area contributed by atoms with E-state index in [2.05, 4.69) is 38.7 Å². The Hall–Kier alpha value is -1.09. The first-order valence-corrected chi connectivity index (χ1v) is 8.21. The first-order valence-electron chi connectivity index (χ1n) is 7.42. The molecule has 1 heterocycles. The second-order valence-corrected chi connectivity index (χ2v) is 6.22. The van der Waals surface area contributed by atoms with Crippen LogP contribution in [0.2, 0.25) is 0 Å². The maximum absolute atomic E-state index is 9.31. The topological polar surface area (TPSA) is 39.5 Å². The number of halogens is 1. The van der Waals surface area contributed by atoms with Gasteiger partial charge in [0, 0.05) is 43.3 Å². The SMILES string of the molecule is CCOCCN1CCN(c2ccc(Br)cc2C#N)CC1C. The summed E-state index contributed by atoms with van der Waals surface area (Å²) in [4.78, 5) is 4.77. The highest BCUT2D eigenvalue weighted by molar-refractivity contribution is 9.10. The van der Waals surface area contributed by atoms with E-state index in [1.807, 2.05) is 25.1 Å². The Morgan fingerprint density at radius 3 is 2.90 bits per heavy atom. The third-order valence-corrected chi connectivity index (χ3v) is 4.41. The molecule has 0 bridgehead atoms. The van der Waals surface area contributed by atoms with Gasteiger partial charge in [-0.25, -0.2) is 0 Å². The van der Waals surface area contributed by atoms with Crippen molar-refractivity contribution in [2.24, 2.45) is 0 Å². The lowest BCUT2D eigenvalue weighted by Crippen LogP contribution is -2.52. The monoisotopic (exact) mass is 351 g/mol. The van der Waals surface area contributed by atoms with Crippen LogP contribution in [0.1, 0.15) is 19.4 Å². The van der Waals surface area contributed by atoms with Crippen molar-refractivity contribution in [1.82, 2.24) is 4.90 Å². The van der Waals surface area contributed by atoms with Gasteiger partial charge in [-0.1, -0.05) is 15.9 Å². The van der Waals surface area contributed by atoms with Gasteiger partial charge in [-0.05, 0) is 32.0 Å². The number of benzene rings is 1. The summed E-state index contributed by atoms with van der Waals surface area (Å²) in [5.74, 6) is 0. The van der Waals surface area contributed by atoms with Crippen LogP contribution in [0.4, 0.5) is 5.69 Å². The molecule has 0 aromatic heterocycles. The fourth-order valence-corrected chi connectivity index (χ4v) is 3.11. The van der Waals surface area contributed by atoms with Gasteiger partial charge in [-0.15, -0.1) is 0 Å². The van der Waals surface area contributed by atoms with Gasteiger partial charge in [-0.3, -0.25) is 4.90 Å². The Balaban J connectivity index is 2.01. The fourth-order valence-electron chi connectivity index (χ4n) is 2.75. The molecular weight excluding hydrogens is 330 g/mol. The maximum Gasteiger partial charge on any atom is 0.101 e. The van der Waals surface area contributed by atoms with Crippen LogP contribution in [0.3, 0.4) is 0 Å². The summed E-state index contributed by atoms with van der Waals surface area (Å²) in [5.41, 5.74) is 1.77. The molecule has 1 aromatic carbocycles. The molecular formula is C16H22BrN3O. The molecule has 1 unspecified atom stereocenters. The van der Waals surface area contributed by atoms with Gasteiger partial charge >= 0.3 is 0 Å². The molecule has 21 heavy (non-hydrogen) atoms. The Bertz CT molecular complexity index is 515. The summed E-state index contributed by atoms with van der Waals surface area (Å²) in [7, 11) is 0. The zero-order valence-electron chi connectivity index (χ0n) is 12.7. The smallest absolute Gasteiger partial charge is 0.101 e. The minimum Gasteiger partial charge on any atom is -0.380 e. The highest BCUT2D eigenvalue weighted by Gasteiger charge is 2.24. The molecule has 0 spiro atoms. The predicted octanol–water partition coefficient (Wildman–Crippen LogP) is 2.87. The molecule has 1 aliphatic rings. The largest absolute Gasteiger partial charge is 0.380 e. The van der Waals surface area contributed by atoms with E-state index in [4.69, 9.17) is 4.74 Å². The average molecular weight is 352 g/mol. The standard InChI is InChI=1S/C16H22BrN3O/c1-3-21-9-8-19-6-7-20(12-13(19)2)16-5-4-15(17)10-14(16)11-18/h4-5,10,13H,3,6-9,12H2,1-2H3. The van der Waals surface area contributed by atoms with Crippen LogP contribution in [0.5, 0.6) is 0 Å². The van der Waals surface area contributed by atoms with E-state index < -0.39 is 0 Å². The molecule has 1 fully saturated rings. The molecule has 1 aliphatic heterocycles. The number of ether oxygens (including phenoxy) is 1. The summed E-state index contributed by atoms with van der Waals surface area (Å²) in [6, 6.07) is 8.69. The van der Waals surface area contributed by atoms with Crippen molar-refractivity contribution in [3.63, 3.8) is 0 Å². The van der Waals surface area contributed by atoms with Crippen LogP contribution < -0.4 is 4.90 Å². The molecule has 1 saturated heterocycles. The lowest BCUT2D eigenvalue weighted by atomic mass is 10.1. The number of hydrogen-bond donors (Lipinski definition) is 0. The minimum atomic E-state index is 0.467. The molecule has 2 rings (SSSR count). The van der Waals surface area contributed by atoms with Gasteiger partial charge in [0.05, 0.1) is 17.9 Å². The van der Waals surface area contributed by atoms with Gasteiger partial charge in [0.25, 0.3) is 0 Å². The average Bonchev–Trinajstić information content (AvgIpc) is 2.49. The molecule has 4 nitrogen and oxygen atoms in total. The summed E-state index contributed by atoms with van der Waals surface area (Å²) in [6.07, 6.45) is 0. The van der Waals surface area contributed by atoms with E-state index in [0.29, 0.717) is 6.04 Å². The van der Waals surface area contributed by atoms with Crippen molar-refractivity contribution < 1.29 is 4.74 Å². The quantitative estimate of drug-likeness (QED) is 0.764. The zero-order valence-corrected chi connectivity index (χ0v) is 14.3. The van der Waals surface area contributed by atoms with Gasteiger partial charge in [0.15, 0.2) is 0 Å². The van der Waals surface area contributed by atoms with Crippen LogP contribution >= 0.6 is 15.9 Å². The van der Waals surface area contributed by atoms with Crippen LogP contribution in [0.15, 0.2) is 22.7 Å². The summed E-state index contributed by atoms with van der Waals surface area (Å²) < 4.78 is 6.39. The molecule has 114 valence electrons. The highest BCUT2D eigenvalue weighted by Crippen LogP contribution is 2.26. The summed E-state index contributed by atoms with van der Waals surface area (Å²) in [6.45, 7) is 9.72. The van der Waals surface area contributed by atoms with Crippen LogP contribution in [0.25, 0.3) is 0 Å². The second-order valence-electron chi connectivity index (χ2n) is 5.30. The normalized spacial score (nSPS) is 19.5. The molecule has 0 aliphatic carbocycles. The fraction of sp³-hybridized carbons (Fsp3) is 0.562. The predicted molar refractivity (Wildman–Crippen MR) is 88.6 cm³/mol. The lowest BCUT2D eigenvalue weighted by Gasteiger charge is -2.41. The van der Waals surface area contributed by atoms with Gasteiger partial charge in [0.2, 0.25) is 0 Å². The summed E-state index contributed by atoms with van der Waals surface area (Å²) in [5, 5.41) is 9.31. The van der Waals surface area contributed by atoms with Crippen molar-refractivity contribution in [2.45, 2.75) is 19.9 Å². The Morgan fingerprint density at radius 1 is 1.43 bits per heavy atom. The third kappa shape index (κ3) is 4.19. The highest BCUT2D eigenvalue weighted by atomic mass is 79.9. The van der Waals surface area contributed by atoms with Crippen molar-refractivity contribution >= 4 is 21.6 Å². The molecule has 0 amide bonds. The lowest BCUT2D eigenvalue weighted by molar-refractivity contribution is 0.0926. The third-order valence-electron chi connectivity index (χ3n) is 3.91. The molecule has 0 radical (unpaired) electrons. The number of hydrogen-bond acceptors (Lipinski definition) is 4. The molecule has 0 N–H and O–H groups in total. The second kappa shape index (κ2) is 7.79. The van der Waals surface area contributed by atoms with Crippen molar-refractivity contribution in [2.75, 3.05) is 44.3 Å². The van der Waals surface area contributed by atoms with E-state index in [1.165, 1.54) is 0 Å². The zero-order chi connectivity index (χ0) is 15.2. The van der Waals surface area contributed by atoms with E-state index >= 15 is 0 Å². The Kier molecular flexibility index (Phi) is 6.04. The van der Waals surface area contributed by atoms with Crippen molar-refractivity contribution in [1.29, 1.82) is 5.26 Å². The van der Waals surface area contributed by atoms with E-state index in [0.717, 1.165) is 55.1 Å². The molecule has 5 heteroatoms. The van der Waals surface area contributed by atoms with Gasteiger partial charge in [-0.2, -0.15) is 5.26 Å². The van der Waals surface area contributed by atoms with E-state index in [1.54, 1.807) is 0 Å². The van der Waals surface area contributed by atoms with E-state index in [9.17, 15) is 5.26 Å². The minimum absolute atomic E-state index is 0.467. The molecule has 1 atom stereocenters. The first kappa shape index (κ1) is 16.3. The Labute approximate surface area is 135 Å². The van der Waals surface area contributed by atoms with E-state index in [-0.39, 0.29) is 0 Å².